The average Bonchev–Trinajstić information content (AvgIpc) is 1.63. The number of hydrogen-bond acceptors (Lipinski definition) is 4. The van der Waals surface area contributed by atoms with E-state index in [-0.39, 0.29) is 12.4 Å². The van der Waals surface area contributed by atoms with E-state index in [1.54, 1.807) is 0 Å². The molecule has 0 bridgehead atoms. The fourth-order valence-corrected chi connectivity index (χ4v) is 0.137. The molecule has 0 unspecified atom stereocenters. The molecule has 0 aliphatic rings. The molecular weight excluding hydrogens is 112 g/mol. The quantitative estimate of drug-likeness (QED) is 0.290. The molecule has 0 fully saturated rings. The third-order valence-electron chi connectivity index (χ3n) is 0.355. The minimum Gasteiger partial charge on any atom is -0.301 e. The lowest BCUT2D eigenvalue weighted by atomic mass is 10.5. The summed E-state index contributed by atoms with van der Waals surface area (Å²) in [4.78, 5) is 27.3. The molecule has 0 aliphatic heterocycles. The van der Waals surface area contributed by atoms with E-state index in [4.69, 9.17) is 1.37 Å². The van der Waals surface area contributed by atoms with Crippen molar-refractivity contribution in [3.8, 4) is 0 Å². The Morgan fingerprint density at radius 2 is 2.62 bits per heavy atom. The second-order valence-corrected chi connectivity index (χ2v) is 1.13. The summed E-state index contributed by atoms with van der Waals surface area (Å²) in [6.07, 6.45) is -1.31. The van der Waals surface area contributed by atoms with Gasteiger partial charge in [0.05, 0.1) is 0 Å². The molecule has 0 amide bonds. The molecule has 0 aromatic rings. The van der Waals surface area contributed by atoms with Gasteiger partial charge in [0.15, 0.2) is 13.8 Å². The smallest absolute Gasteiger partial charge is 0.301 e. The van der Waals surface area contributed by atoms with Crippen molar-refractivity contribution in [3.05, 3.63) is 0 Å². The maximum atomic E-state index is 10.0. The van der Waals surface area contributed by atoms with Crippen molar-refractivity contribution < 1.29 is 20.7 Å². The van der Waals surface area contributed by atoms with E-state index >= 15 is 0 Å². The summed E-state index contributed by atoms with van der Waals surface area (Å²) in [5.74, 6) is -0.267. The normalized spacial score (nSPS) is 9.88. The van der Waals surface area contributed by atoms with E-state index in [0.29, 0.717) is 0 Å². The van der Waals surface area contributed by atoms with E-state index in [1.807, 2.05) is 0 Å². The molecule has 0 atom stereocenters. The molecule has 0 saturated carbocycles. The molecule has 4 nitrogen and oxygen atoms in total. The highest BCUT2D eigenvalue weighted by atomic mass is 17.2. The zero-order valence-electron chi connectivity index (χ0n) is 5.34. The minimum atomic E-state index is -1.31. The highest BCUT2D eigenvalue weighted by molar-refractivity contribution is 5.76. The van der Waals surface area contributed by atoms with Gasteiger partial charge in [-0.2, -0.15) is 4.89 Å². The van der Waals surface area contributed by atoms with Crippen LogP contribution in [0.25, 0.3) is 0 Å². The van der Waals surface area contributed by atoms with Crippen LogP contribution in [-0.2, 0) is 19.4 Å². The number of carbonyl (C=O) groups excluding carboxylic acids is 2. The van der Waals surface area contributed by atoms with Gasteiger partial charge in [-0.3, -0.25) is 9.59 Å². The van der Waals surface area contributed by atoms with Crippen molar-refractivity contribution in [1.82, 2.24) is 0 Å². The van der Waals surface area contributed by atoms with Gasteiger partial charge in [0.25, 0.3) is 0 Å². The summed E-state index contributed by atoms with van der Waals surface area (Å²) in [6.45, 7) is 0.975. The maximum Gasteiger partial charge on any atom is 0.330 e. The third kappa shape index (κ3) is 5.10. The van der Waals surface area contributed by atoms with Gasteiger partial charge in [0, 0.05) is 0 Å². The van der Waals surface area contributed by atoms with Gasteiger partial charge in [-0.25, -0.2) is 0 Å². The predicted molar refractivity (Wildman–Crippen MR) is 23.8 cm³/mol. The highest BCUT2D eigenvalue weighted by Crippen LogP contribution is 1.73. The van der Waals surface area contributed by atoms with Crippen LogP contribution in [0.15, 0.2) is 0 Å². The Morgan fingerprint density at radius 3 is 3.00 bits per heavy atom. The van der Waals surface area contributed by atoms with Crippen LogP contribution in [-0.4, -0.2) is 18.8 Å². The number of ketones is 1. The molecule has 4 heteroatoms. The first kappa shape index (κ1) is 5.24. The van der Waals surface area contributed by atoms with Crippen LogP contribution < -0.4 is 0 Å². The van der Waals surface area contributed by atoms with Crippen LogP contribution in [0.4, 0.5) is 0 Å². The van der Waals surface area contributed by atoms with Gasteiger partial charge < -0.3 is 4.89 Å². The molecular formula is C4H6O4. The number of Topliss-reactive ketones (excluding diaryl/α,β-unsaturated/α-hetero) is 1. The average molecular weight is 119 g/mol. The fraction of sp³-hybridized carbons (Fsp3) is 0.500. The summed E-state index contributed by atoms with van der Waals surface area (Å²) in [5, 5.41) is 0. The van der Waals surface area contributed by atoms with Crippen molar-refractivity contribution in [2.45, 2.75) is 6.92 Å². The Morgan fingerprint density at radius 1 is 2.00 bits per heavy atom. The Kier molecular flexibility index (Phi) is 2.79. The molecule has 0 spiro atoms. The zero-order valence-corrected chi connectivity index (χ0v) is 4.34. The van der Waals surface area contributed by atoms with Crippen molar-refractivity contribution in [1.29, 1.82) is 0 Å². The number of rotatable bonds is 3. The summed E-state index contributed by atoms with van der Waals surface area (Å²) in [5.41, 5.74) is 0. The lowest BCUT2D eigenvalue weighted by Gasteiger charge is -1.90. The number of hydrogen-bond donors (Lipinski definition) is 0. The fourth-order valence-electron chi connectivity index (χ4n) is 0.137. The van der Waals surface area contributed by atoms with Crippen LogP contribution in [0.2, 0.25) is 0 Å². The van der Waals surface area contributed by atoms with E-state index in [2.05, 4.69) is 9.78 Å². The largest absolute Gasteiger partial charge is 0.330 e. The van der Waals surface area contributed by atoms with Crippen molar-refractivity contribution in [3.63, 3.8) is 0 Å². The van der Waals surface area contributed by atoms with Crippen molar-refractivity contribution in [2.24, 2.45) is 0 Å². The van der Waals surface area contributed by atoms with Crippen LogP contribution >= 0.6 is 0 Å². The SMILES string of the molecule is [2H]C(=O)OOCC(C)=O. The second kappa shape index (κ2) is 4.26. The predicted octanol–water partition coefficient (Wildman–Crippen LogP) is -0.320. The Labute approximate surface area is 47.7 Å². The van der Waals surface area contributed by atoms with Gasteiger partial charge in [0.1, 0.15) is 0 Å². The van der Waals surface area contributed by atoms with E-state index in [0.717, 1.165) is 0 Å². The minimum absolute atomic E-state index is 0.267. The van der Waals surface area contributed by atoms with Crippen LogP contribution in [0.3, 0.4) is 0 Å². The molecule has 0 heterocycles. The maximum absolute atomic E-state index is 10.0. The molecule has 0 aromatic carbocycles. The molecule has 46 valence electrons. The Balaban J connectivity index is 3.10. The summed E-state index contributed by atoms with van der Waals surface area (Å²) >= 11 is 0. The molecule has 0 N–H and O–H groups in total. The van der Waals surface area contributed by atoms with Crippen LogP contribution in [0, 0.1) is 0 Å². The van der Waals surface area contributed by atoms with E-state index in [1.165, 1.54) is 6.92 Å². The lowest BCUT2D eigenvalue weighted by Crippen LogP contribution is -2.03. The van der Waals surface area contributed by atoms with E-state index < -0.39 is 6.45 Å². The molecule has 0 aromatic heterocycles. The van der Waals surface area contributed by atoms with Crippen LogP contribution in [0.5, 0.6) is 0 Å². The first-order valence-electron chi connectivity index (χ1n) is 2.42. The van der Waals surface area contributed by atoms with Gasteiger partial charge in [-0.15, -0.1) is 0 Å². The first-order valence-corrected chi connectivity index (χ1v) is 1.92. The van der Waals surface area contributed by atoms with Gasteiger partial charge in [-0.1, -0.05) is 0 Å². The molecule has 8 heavy (non-hydrogen) atoms. The van der Waals surface area contributed by atoms with Gasteiger partial charge >= 0.3 is 6.45 Å². The van der Waals surface area contributed by atoms with Crippen molar-refractivity contribution >= 4 is 12.2 Å². The Bertz CT molecular complexity index is 108. The summed E-state index contributed by atoms with van der Waals surface area (Å²) in [6, 6.07) is 0. The topological polar surface area (TPSA) is 52.6 Å². The second-order valence-electron chi connectivity index (χ2n) is 1.13. The standard InChI is InChI=1S/C4H6O4/c1-4(6)2-7-8-3-5/h3H,2H2,1H3/i3D. The van der Waals surface area contributed by atoms with E-state index in [9.17, 15) is 9.59 Å². The van der Waals surface area contributed by atoms with Crippen LogP contribution in [0.1, 0.15) is 8.29 Å². The molecule has 0 aliphatic carbocycles. The molecule has 0 saturated heterocycles. The van der Waals surface area contributed by atoms with Crippen molar-refractivity contribution in [2.75, 3.05) is 6.61 Å². The number of carbonyl (C=O) groups is 2. The summed E-state index contributed by atoms with van der Waals surface area (Å²) in [7, 11) is 0. The monoisotopic (exact) mass is 119 g/mol. The Hall–Kier alpha value is -0.900. The highest BCUT2D eigenvalue weighted by Gasteiger charge is 1.90. The zero-order chi connectivity index (χ0) is 7.28. The first-order chi connectivity index (χ1) is 4.13. The van der Waals surface area contributed by atoms with Gasteiger partial charge in [0.2, 0.25) is 0 Å². The van der Waals surface area contributed by atoms with Gasteiger partial charge in [-0.05, 0) is 6.92 Å². The molecule has 0 rings (SSSR count). The molecule has 0 radical (unpaired) electrons. The third-order valence-corrected chi connectivity index (χ3v) is 0.355. The lowest BCUT2D eigenvalue weighted by molar-refractivity contribution is -0.254. The summed E-state index contributed by atoms with van der Waals surface area (Å²) < 4.78 is 6.12.